The highest BCUT2D eigenvalue weighted by atomic mass is 32.2. The van der Waals surface area contributed by atoms with E-state index in [1.165, 1.54) is 57.1 Å². The van der Waals surface area contributed by atoms with Gasteiger partial charge in [0, 0.05) is 10.8 Å². The Morgan fingerprint density at radius 1 is 1.23 bits per heavy atom. The summed E-state index contributed by atoms with van der Waals surface area (Å²) >= 11 is 2.17. The van der Waals surface area contributed by atoms with Gasteiger partial charge in [0.1, 0.15) is 0 Å². The van der Waals surface area contributed by atoms with Gasteiger partial charge in [-0.15, -0.1) is 0 Å². The van der Waals surface area contributed by atoms with E-state index in [0.717, 1.165) is 5.25 Å². The van der Waals surface area contributed by atoms with Crippen LogP contribution in [0.15, 0.2) is 0 Å². The average Bonchev–Trinajstić information content (AvgIpc) is 2.72. The molecule has 1 nitrogen and oxygen atoms in total. The lowest BCUT2D eigenvalue weighted by Crippen LogP contribution is -2.36. The molecule has 0 aromatic carbocycles. The summed E-state index contributed by atoms with van der Waals surface area (Å²) in [5.41, 5.74) is 6.57. The van der Waals surface area contributed by atoms with Crippen molar-refractivity contribution in [3.8, 4) is 0 Å². The van der Waals surface area contributed by atoms with Crippen LogP contribution in [0.25, 0.3) is 0 Å². The van der Waals surface area contributed by atoms with Gasteiger partial charge in [-0.3, -0.25) is 0 Å². The molecule has 1 aliphatic heterocycles. The predicted molar refractivity (Wildman–Crippen MR) is 60.1 cm³/mol. The topological polar surface area (TPSA) is 26.0 Å². The molecule has 76 valence electrons. The summed E-state index contributed by atoms with van der Waals surface area (Å²) in [6.45, 7) is 0. The number of nitrogens with two attached hydrogens (primary N) is 1. The van der Waals surface area contributed by atoms with Crippen molar-refractivity contribution in [2.24, 2.45) is 5.73 Å². The second kappa shape index (κ2) is 4.22. The second-order valence-corrected chi connectivity index (χ2v) is 6.15. The van der Waals surface area contributed by atoms with Gasteiger partial charge in [0.2, 0.25) is 0 Å². The van der Waals surface area contributed by atoms with Crippen LogP contribution in [0.3, 0.4) is 0 Å². The summed E-state index contributed by atoms with van der Waals surface area (Å²) in [7, 11) is 0. The van der Waals surface area contributed by atoms with E-state index < -0.39 is 0 Å². The zero-order chi connectivity index (χ0) is 9.15. The normalized spacial score (nSPS) is 32.5. The van der Waals surface area contributed by atoms with E-state index in [9.17, 15) is 0 Å². The van der Waals surface area contributed by atoms with Gasteiger partial charge in [0.15, 0.2) is 0 Å². The minimum atomic E-state index is 0.239. The molecule has 2 heteroatoms. The fourth-order valence-corrected chi connectivity index (χ4v) is 3.93. The Hall–Kier alpha value is 0.310. The van der Waals surface area contributed by atoms with Gasteiger partial charge in [0.05, 0.1) is 0 Å². The van der Waals surface area contributed by atoms with Crippen LogP contribution < -0.4 is 5.73 Å². The first-order valence-corrected chi connectivity index (χ1v) is 6.74. The first-order chi connectivity index (χ1) is 6.29. The molecular formula is C11H21NS. The molecular weight excluding hydrogens is 178 g/mol. The van der Waals surface area contributed by atoms with Crippen molar-refractivity contribution >= 4 is 11.8 Å². The van der Waals surface area contributed by atoms with Crippen LogP contribution in [0, 0.1) is 0 Å². The van der Waals surface area contributed by atoms with Crippen LogP contribution >= 0.6 is 11.8 Å². The Bertz CT molecular complexity index is 157. The van der Waals surface area contributed by atoms with Gasteiger partial charge in [-0.1, -0.05) is 12.8 Å². The van der Waals surface area contributed by atoms with Gasteiger partial charge < -0.3 is 5.73 Å². The highest BCUT2D eigenvalue weighted by molar-refractivity contribution is 8.00. The van der Waals surface area contributed by atoms with Crippen LogP contribution in [-0.2, 0) is 0 Å². The Kier molecular flexibility index (Phi) is 3.20. The molecule has 2 rings (SSSR count). The molecule has 2 fully saturated rings. The zero-order valence-corrected chi connectivity index (χ0v) is 9.24. The van der Waals surface area contributed by atoms with Crippen molar-refractivity contribution in [1.82, 2.24) is 0 Å². The number of hydrogen-bond donors (Lipinski definition) is 1. The van der Waals surface area contributed by atoms with Gasteiger partial charge in [-0.2, -0.15) is 11.8 Å². The molecule has 2 aliphatic rings. The molecule has 1 aliphatic carbocycles. The SMILES string of the molecule is NC1(CCC2CCCS2)CCCC1. The first-order valence-electron chi connectivity index (χ1n) is 5.69. The lowest BCUT2D eigenvalue weighted by atomic mass is 9.91. The summed E-state index contributed by atoms with van der Waals surface area (Å²) in [5.74, 6) is 1.39. The fraction of sp³-hybridized carbons (Fsp3) is 1.00. The summed E-state index contributed by atoms with van der Waals surface area (Å²) in [4.78, 5) is 0. The maximum Gasteiger partial charge on any atom is 0.0154 e. The van der Waals surface area contributed by atoms with Gasteiger partial charge >= 0.3 is 0 Å². The fourth-order valence-electron chi connectivity index (χ4n) is 2.65. The van der Waals surface area contributed by atoms with Crippen LogP contribution in [0.5, 0.6) is 0 Å². The van der Waals surface area contributed by atoms with Crippen LogP contribution in [0.2, 0.25) is 0 Å². The van der Waals surface area contributed by atoms with Crippen molar-refractivity contribution in [1.29, 1.82) is 0 Å². The molecule has 0 bridgehead atoms. The number of hydrogen-bond acceptors (Lipinski definition) is 2. The lowest BCUT2D eigenvalue weighted by molar-refractivity contribution is 0.389. The quantitative estimate of drug-likeness (QED) is 0.756. The molecule has 0 amide bonds. The summed E-state index contributed by atoms with van der Waals surface area (Å²) < 4.78 is 0. The zero-order valence-electron chi connectivity index (χ0n) is 8.43. The molecule has 13 heavy (non-hydrogen) atoms. The average molecular weight is 199 g/mol. The van der Waals surface area contributed by atoms with Gasteiger partial charge in [0.25, 0.3) is 0 Å². The van der Waals surface area contributed by atoms with Crippen LogP contribution in [0.4, 0.5) is 0 Å². The molecule has 0 aromatic heterocycles. The maximum absolute atomic E-state index is 6.33. The van der Waals surface area contributed by atoms with E-state index in [2.05, 4.69) is 11.8 Å². The van der Waals surface area contributed by atoms with Crippen molar-refractivity contribution in [2.75, 3.05) is 5.75 Å². The molecule has 2 N–H and O–H groups in total. The Morgan fingerprint density at radius 3 is 2.62 bits per heavy atom. The van der Waals surface area contributed by atoms with Gasteiger partial charge in [-0.25, -0.2) is 0 Å². The molecule has 0 aromatic rings. The standard InChI is InChI=1S/C11H21NS/c12-11(6-1-2-7-11)8-5-10-4-3-9-13-10/h10H,1-9,12H2. The van der Waals surface area contributed by atoms with E-state index in [0.29, 0.717) is 0 Å². The van der Waals surface area contributed by atoms with Crippen LogP contribution in [-0.4, -0.2) is 16.5 Å². The number of thioether (sulfide) groups is 1. The molecule has 1 saturated carbocycles. The molecule has 1 heterocycles. The van der Waals surface area contributed by atoms with Crippen molar-refractivity contribution in [3.05, 3.63) is 0 Å². The summed E-state index contributed by atoms with van der Waals surface area (Å²) in [6.07, 6.45) is 10.8. The third-order valence-electron chi connectivity index (χ3n) is 3.59. The van der Waals surface area contributed by atoms with E-state index in [-0.39, 0.29) is 5.54 Å². The predicted octanol–water partition coefficient (Wildman–Crippen LogP) is 2.93. The van der Waals surface area contributed by atoms with E-state index in [4.69, 9.17) is 5.73 Å². The van der Waals surface area contributed by atoms with E-state index in [1.54, 1.807) is 0 Å². The smallest absolute Gasteiger partial charge is 0.0154 e. The largest absolute Gasteiger partial charge is 0.325 e. The minimum absolute atomic E-state index is 0.239. The monoisotopic (exact) mass is 199 g/mol. The third-order valence-corrected chi connectivity index (χ3v) is 5.05. The minimum Gasteiger partial charge on any atom is -0.325 e. The summed E-state index contributed by atoms with van der Waals surface area (Å²) in [5, 5.41) is 0.945. The third kappa shape index (κ3) is 2.63. The van der Waals surface area contributed by atoms with E-state index >= 15 is 0 Å². The summed E-state index contributed by atoms with van der Waals surface area (Å²) in [6, 6.07) is 0. The van der Waals surface area contributed by atoms with E-state index in [1.807, 2.05) is 0 Å². The Morgan fingerprint density at radius 2 is 2.00 bits per heavy atom. The Balaban J connectivity index is 1.71. The lowest BCUT2D eigenvalue weighted by Gasteiger charge is -2.24. The highest BCUT2D eigenvalue weighted by Gasteiger charge is 2.30. The molecule has 0 spiro atoms. The first kappa shape index (κ1) is 9.85. The molecule has 1 saturated heterocycles. The second-order valence-electron chi connectivity index (χ2n) is 4.74. The number of rotatable bonds is 3. The van der Waals surface area contributed by atoms with Crippen molar-refractivity contribution < 1.29 is 0 Å². The van der Waals surface area contributed by atoms with Crippen molar-refractivity contribution in [2.45, 2.75) is 62.2 Å². The Labute approximate surface area is 85.8 Å². The van der Waals surface area contributed by atoms with Crippen molar-refractivity contribution in [3.63, 3.8) is 0 Å². The van der Waals surface area contributed by atoms with Gasteiger partial charge in [-0.05, 0) is 44.3 Å². The van der Waals surface area contributed by atoms with Crippen LogP contribution in [0.1, 0.15) is 51.4 Å². The maximum atomic E-state index is 6.33. The molecule has 1 atom stereocenters. The molecule has 1 unspecified atom stereocenters. The highest BCUT2D eigenvalue weighted by Crippen LogP contribution is 2.36. The molecule has 0 radical (unpaired) electrons.